The molecule has 11 heavy (non-hydrogen) atoms. The lowest BCUT2D eigenvalue weighted by Crippen LogP contribution is -2.42. The van der Waals surface area contributed by atoms with Gasteiger partial charge in [-0.15, -0.1) is 0 Å². The van der Waals surface area contributed by atoms with Gasteiger partial charge in [0.2, 0.25) is 0 Å². The molecule has 0 amide bonds. The molecule has 0 unspecified atom stereocenters. The number of rotatable bonds is 5. The SMILES string of the molecule is CNCCN(CCN)C(N)=S. The van der Waals surface area contributed by atoms with Crippen molar-refractivity contribution in [2.75, 3.05) is 33.2 Å². The van der Waals surface area contributed by atoms with Crippen LogP contribution >= 0.6 is 12.2 Å². The van der Waals surface area contributed by atoms with E-state index in [0.29, 0.717) is 11.7 Å². The molecule has 0 saturated heterocycles. The zero-order valence-electron chi connectivity index (χ0n) is 6.84. The van der Waals surface area contributed by atoms with Crippen LogP contribution in [0.1, 0.15) is 0 Å². The molecular formula is C6H16N4S. The number of nitrogens with two attached hydrogens (primary N) is 2. The molecule has 0 aliphatic heterocycles. The smallest absolute Gasteiger partial charge is 0.166 e. The average molecular weight is 176 g/mol. The molecule has 0 atom stereocenters. The first-order chi connectivity index (χ1) is 5.22. The van der Waals surface area contributed by atoms with Crippen LogP contribution in [0.25, 0.3) is 0 Å². The summed E-state index contributed by atoms with van der Waals surface area (Å²) in [7, 11) is 1.89. The summed E-state index contributed by atoms with van der Waals surface area (Å²) in [4.78, 5) is 1.88. The Labute approximate surface area is 72.9 Å². The molecule has 0 saturated carbocycles. The zero-order valence-corrected chi connectivity index (χ0v) is 7.66. The van der Waals surface area contributed by atoms with Crippen molar-refractivity contribution in [1.29, 1.82) is 0 Å². The normalized spacial score (nSPS) is 9.64. The van der Waals surface area contributed by atoms with Crippen molar-refractivity contribution in [2.24, 2.45) is 11.5 Å². The molecule has 0 heterocycles. The highest BCUT2D eigenvalue weighted by Gasteiger charge is 2.02. The fourth-order valence-corrected chi connectivity index (χ4v) is 0.917. The first kappa shape index (κ1) is 10.6. The number of thiocarbonyl (C=S) groups is 1. The molecule has 0 aromatic carbocycles. The van der Waals surface area contributed by atoms with E-state index >= 15 is 0 Å². The van der Waals surface area contributed by atoms with Crippen LogP contribution in [0.5, 0.6) is 0 Å². The van der Waals surface area contributed by atoms with E-state index in [1.165, 1.54) is 0 Å². The maximum atomic E-state index is 5.44. The topological polar surface area (TPSA) is 67.3 Å². The van der Waals surface area contributed by atoms with Gasteiger partial charge in [0, 0.05) is 26.2 Å². The van der Waals surface area contributed by atoms with E-state index in [-0.39, 0.29) is 0 Å². The summed E-state index contributed by atoms with van der Waals surface area (Å²) < 4.78 is 0. The molecule has 5 heteroatoms. The van der Waals surface area contributed by atoms with Crippen LogP contribution in [0.15, 0.2) is 0 Å². The summed E-state index contributed by atoms with van der Waals surface area (Å²) in [6.45, 7) is 3.01. The average Bonchev–Trinajstić information content (AvgIpc) is 1.97. The third-order valence-corrected chi connectivity index (χ3v) is 1.60. The van der Waals surface area contributed by atoms with E-state index in [4.69, 9.17) is 23.7 Å². The largest absolute Gasteiger partial charge is 0.376 e. The van der Waals surface area contributed by atoms with Gasteiger partial charge in [0.25, 0.3) is 0 Å². The van der Waals surface area contributed by atoms with Gasteiger partial charge >= 0.3 is 0 Å². The van der Waals surface area contributed by atoms with Crippen LogP contribution in [0.3, 0.4) is 0 Å². The fourth-order valence-electron chi connectivity index (χ4n) is 0.735. The molecule has 0 bridgehead atoms. The maximum absolute atomic E-state index is 5.44. The van der Waals surface area contributed by atoms with Crippen molar-refractivity contribution in [3.8, 4) is 0 Å². The fraction of sp³-hybridized carbons (Fsp3) is 0.833. The second-order valence-corrected chi connectivity index (χ2v) is 2.64. The van der Waals surface area contributed by atoms with Gasteiger partial charge in [0.05, 0.1) is 0 Å². The Morgan fingerprint density at radius 3 is 2.55 bits per heavy atom. The number of nitrogens with one attached hydrogen (secondary N) is 1. The molecule has 0 aromatic heterocycles. The van der Waals surface area contributed by atoms with Crippen molar-refractivity contribution in [3.63, 3.8) is 0 Å². The van der Waals surface area contributed by atoms with Crippen molar-refractivity contribution < 1.29 is 0 Å². The Kier molecular flexibility index (Phi) is 6.10. The van der Waals surface area contributed by atoms with E-state index in [9.17, 15) is 0 Å². The van der Waals surface area contributed by atoms with Gasteiger partial charge in [-0.3, -0.25) is 0 Å². The second kappa shape index (κ2) is 6.33. The Hall–Kier alpha value is -0.390. The first-order valence-corrected chi connectivity index (χ1v) is 4.02. The van der Waals surface area contributed by atoms with Crippen LogP contribution in [0.4, 0.5) is 0 Å². The highest BCUT2D eigenvalue weighted by Crippen LogP contribution is 1.84. The first-order valence-electron chi connectivity index (χ1n) is 3.61. The summed E-state index contributed by atoms with van der Waals surface area (Å²) >= 11 is 4.82. The molecule has 0 aromatic rings. The number of hydrogen-bond acceptors (Lipinski definition) is 3. The lowest BCUT2D eigenvalue weighted by atomic mass is 10.5. The third kappa shape index (κ3) is 4.94. The van der Waals surface area contributed by atoms with Crippen molar-refractivity contribution in [1.82, 2.24) is 10.2 Å². The van der Waals surface area contributed by atoms with E-state index < -0.39 is 0 Å². The van der Waals surface area contributed by atoms with Crippen LogP contribution in [-0.4, -0.2) is 43.2 Å². The molecule has 0 aliphatic carbocycles. The molecule has 0 radical (unpaired) electrons. The van der Waals surface area contributed by atoms with Gasteiger partial charge in [0.15, 0.2) is 5.11 Å². The minimum atomic E-state index is 0.422. The predicted molar refractivity (Wildman–Crippen MR) is 51.3 cm³/mol. The minimum absolute atomic E-state index is 0.422. The van der Waals surface area contributed by atoms with Gasteiger partial charge in [0.1, 0.15) is 0 Å². The molecule has 0 fully saturated rings. The molecule has 0 spiro atoms. The number of likely N-dealkylation sites (N-methyl/N-ethyl adjacent to an activating group) is 1. The Balaban J connectivity index is 3.60. The Bertz CT molecular complexity index is 117. The van der Waals surface area contributed by atoms with E-state index in [2.05, 4.69) is 5.32 Å². The van der Waals surface area contributed by atoms with Gasteiger partial charge < -0.3 is 21.7 Å². The zero-order chi connectivity index (χ0) is 8.69. The van der Waals surface area contributed by atoms with E-state index in [1.807, 2.05) is 11.9 Å². The maximum Gasteiger partial charge on any atom is 0.166 e. The standard InChI is InChI=1S/C6H16N4S/c1-9-3-5-10(4-2-7)6(8)11/h9H,2-5,7H2,1H3,(H2,8,11). The van der Waals surface area contributed by atoms with Crippen molar-refractivity contribution in [3.05, 3.63) is 0 Å². The lowest BCUT2D eigenvalue weighted by Gasteiger charge is -2.21. The minimum Gasteiger partial charge on any atom is -0.376 e. The lowest BCUT2D eigenvalue weighted by molar-refractivity contribution is 0.428. The van der Waals surface area contributed by atoms with Gasteiger partial charge in [-0.2, -0.15) is 0 Å². The summed E-state index contributed by atoms with van der Waals surface area (Å²) in [5, 5.41) is 3.44. The molecule has 4 nitrogen and oxygen atoms in total. The summed E-state index contributed by atoms with van der Waals surface area (Å²) in [5.74, 6) is 0. The predicted octanol–water partition coefficient (Wildman–Crippen LogP) is -1.29. The molecule has 0 aliphatic rings. The summed E-state index contributed by atoms with van der Waals surface area (Å²) in [6.07, 6.45) is 0. The summed E-state index contributed by atoms with van der Waals surface area (Å²) in [6, 6.07) is 0. The molecule has 0 rings (SSSR count). The highest BCUT2D eigenvalue weighted by molar-refractivity contribution is 7.80. The Morgan fingerprint density at radius 2 is 2.18 bits per heavy atom. The van der Waals surface area contributed by atoms with Gasteiger partial charge in [-0.25, -0.2) is 0 Å². The molecule has 5 N–H and O–H groups in total. The quantitative estimate of drug-likeness (QED) is 0.455. The van der Waals surface area contributed by atoms with Crippen molar-refractivity contribution >= 4 is 17.3 Å². The third-order valence-electron chi connectivity index (χ3n) is 1.34. The highest BCUT2D eigenvalue weighted by atomic mass is 32.1. The molecule has 66 valence electrons. The summed E-state index contributed by atoms with van der Waals surface area (Å²) in [5.41, 5.74) is 10.8. The van der Waals surface area contributed by atoms with E-state index in [1.54, 1.807) is 0 Å². The van der Waals surface area contributed by atoms with Gasteiger partial charge in [-0.1, -0.05) is 0 Å². The van der Waals surface area contributed by atoms with Crippen LogP contribution in [0.2, 0.25) is 0 Å². The molecular weight excluding hydrogens is 160 g/mol. The van der Waals surface area contributed by atoms with Gasteiger partial charge in [-0.05, 0) is 19.3 Å². The van der Waals surface area contributed by atoms with Crippen LogP contribution in [0, 0.1) is 0 Å². The van der Waals surface area contributed by atoms with Crippen molar-refractivity contribution in [2.45, 2.75) is 0 Å². The van der Waals surface area contributed by atoms with Crippen LogP contribution < -0.4 is 16.8 Å². The second-order valence-electron chi connectivity index (χ2n) is 2.22. The number of nitrogens with zero attached hydrogens (tertiary/aromatic N) is 1. The van der Waals surface area contributed by atoms with E-state index in [0.717, 1.165) is 19.6 Å². The monoisotopic (exact) mass is 176 g/mol. The van der Waals surface area contributed by atoms with Crippen LogP contribution in [-0.2, 0) is 0 Å². The Morgan fingerprint density at radius 1 is 1.55 bits per heavy atom. The number of hydrogen-bond donors (Lipinski definition) is 3.